The van der Waals surface area contributed by atoms with Crippen LogP contribution in [0.3, 0.4) is 0 Å². The Morgan fingerprint density at radius 1 is 1.62 bits per heavy atom. The molecule has 1 aromatic heterocycles. The van der Waals surface area contributed by atoms with Crippen LogP contribution in [0.4, 0.5) is 0 Å². The molecule has 4 heteroatoms. The van der Waals surface area contributed by atoms with Crippen LogP contribution in [0.25, 0.3) is 0 Å². The van der Waals surface area contributed by atoms with Gasteiger partial charge in [0.15, 0.2) is 0 Å². The maximum atomic E-state index is 11.4. The zero-order valence-electron chi connectivity index (χ0n) is 8.13. The van der Waals surface area contributed by atoms with Crippen LogP contribution in [0.1, 0.15) is 28.7 Å². The van der Waals surface area contributed by atoms with Gasteiger partial charge in [0, 0.05) is 5.69 Å². The predicted octanol–water partition coefficient (Wildman–Crippen LogP) is 0.995. The largest absolute Gasteiger partial charge is 0.461 e. The van der Waals surface area contributed by atoms with Crippen LogP contribution in [-0.2, 0) is 4.74 Å². The van der Waals surface area contributed by atoms with Gasteiger partial charge in [0.05, 0.1) is 6.61 Å². The summed E-state index contributed by atoms with van der Waals surface area (Å²) < 4.78 is 6.22. The number of ether oxygens (including phenoxy) is 1. The van der Waals surface area contributed by atoms with E-state index in [1.54, 1.807) is 6.92 Å². The van der Waals surface area contributed by atoms with Gasteiger partial charge in [0.1, 0.15) is 5.69 Å². The molecule has 0 amide bonds. The third-order valence-corrected chi connectivity index (χ3v) is 1.89. The van der Waals surface area contributed by atoms with Gasteiger partial charge in [-0.2, -0.15) is 0 Å². The van der Waals surface area contributed by atoms with Gasteiger partial charge in [-0.3, -0.25) is 4.68 Å². The summed E-state index contributed by atoms with van der Waals surface area (Å²) in [5.74, 6) is 5.29. The molecule has 1 rings (SSSR count). The average Bonchev–Trinajstić information content (AvgIpc) is 2.27. The van der Waals surface area contributed by atoms with Crippen molar-refractivity contribution in [1.82, 2.24) is 4.68 Å². The summed E-state index contributed by atoms with van der Waals surface area (Å²) >= 11 is 0. The quantitative estimate of drug-likeness (QED) is 0.548. The van der Waals surface area contributed by atoms with Crippen molar-refractivity contribution in [2.75, 3.05) is 12.4 Å². The molecule has 2 N–H and O–H groups in total. The lowest BCUT2D eigenvalue weighted by Gasteiger charge is -2.05. The number of hydrogen-bond donors (Lipinski definition) is 1. The van der Waals surface area contributed by atoms with Crippen molar-refractivity contribution in [3.8, 4) is 0 Å². The normalized spacial score (nSPS) is 10.1. The van der Waals surface area contributed by atoms with Crippen molar-refractivity contribution in [2.45, 2.75) is 20.8 Å². The number of rotatable bonds is 2. The standard InChI is InChI=1S/C9H14N2O2/c1-4-13-9(12)8-6(2)5-7(3)11(8)10/h5H,4,10H2,1-3H3. The number of hydrogen-bond acceptors (Lipinski definition) is 3. The number of carbonyl (C=O) groups is 1. The van der Waals surface area contributed by atoms with E-state index in [4.69, 9.17) is 10.6 Å². The predicted molar refractivity (Wildman–Crippen MR) is 50.0 cm³/mol. The van der Waals surface area contributed by atoms with Gasteiger partial charge < -0.3 is 10.6 Å². The lowest BCUT2D eigenvalue weighted by molar-refractivity contribution is 0.0515. The fourth-order valence-electron chi connectivity index (χ4n) is 1.28. The Morgan fingerprint density at radius 3 is 2.62 bits per heavy atom. The minimum Gasteiger partial charge on any atom is -0.461 e. The van der Waals surface area contributed by atoms with Gasteiger partial charge in [-0.1, -0.05) is 0 Å². The van der Waals surface area contributed by atoms with Gasteiger partial charge in [0.25, 0.3) is 0 Å². The third-order valence-electron chi connectivity index (χ3n) is 1.89. The third kappa shape index (κ3) is 1.66. The van der Waals surface area contributed by atoms with Crippen LogP contribution in [0, 0.1) is 13.8 Å². The summed E-state index contributed by atoms with van der Waals surface area (Å²) in [5.41, 5.74) is 2.12. The number of nitrogen functional groups attached to an aromatic ring is 1. The molecule has 13 heavy (non-hydrogen) atoms. The van der Waals surface area contributed by atoms with E-state index in [1.165, 1.54) is 4.68 Å². The Hall–Kier alpha value is -1.45. The maximum Gasteiger partial charge on any atom is 0.357 e. The van der Waals surface area contributed by atoms with E-state index in [0.717, 1.165) is 11.3 Å². The van der Waals surface area contributed by atoms with E-state index in [0.29, 0.717) is 12.3 Å². The summed E-state index contributed by atoms with van der Waals surface area (Å²) in [4.78, 5) is 11.4. The van der Waals surface area contributed by atoms with Crippen LogP contribution in [0.5, 0.6) is 0 Å². The molecule has 0 aliphatic heterocycles. The highest BCUT2D eigenvalue weighted by Crippen LogP contribution is 2.12. The molecule has 0 spiro atoms. The number of nitrogens with two attached hydrogens (primary N) is 1. The van der Waals surface area contributed by atoms with Gasteiger partial charge in [0.2, 0.25) is 0 Å². The van der Waals surface area contributed by atoms with Crippen LogP contribution in [0.2, 0.25) is 0 Å². The zero-order chi connectivity index (χ0) is 10.0. The number of aromatic nitrogens is 1. The number of carbonyl (C=O) groups excluding carboxylic acids is 1. The Balaban J connectivity index is 3.06. The highest BCUT2D eigenvalue weighted by molar-refractivity contribution is 5.89. The topological polar surface area (TPSA) is 57.2 Å². The fraction of sp³-hybridized carbons (Fsp3) is 0.444. The summed E-state index contributed by atoms with van der Waals surface area (Å²) in [5, 5.41) is 0. The Kier molecular flexibility index (Phi) is 2.60. The summed E-state index contributed by atoms with van der Waals surface area (Å²) in [6, 6.07) is 1.85. The van der Waals surface area contributed by atoms with E-state index in [9.17, 15) is 4.79 Å². The summed E-state index contributed by atoms with van der Waals surface area (Å²) in [6.45, 7) is 5.81. The molecule has 0 unspecified atom stereocenters. The van der Waals surface area contributed by atoms with Gasteiger partial charge in [-0.15, -0.1) is 0 Å². The lowest BCUT2D eigenvalue weighted by atomic mass is 10.2. The van der Waals surface area contributed by atoms with Crippen LogP contribution in [-0.4, -0.2) is 17.3 Å². The van der Waals surface area contributed by atoms with Crippen LogP contribution >= 0.6 is 0 Å². The minimum absolute atomic E-state index is 0.364. The Bertz CT molecular complexity index is 329. The van der Waals surface area contributed by atoms with Crippen LogP contribution < -0.4 is 5.84 Å². The van der Waals surface area contributed by atoms with E-state index in [1.807, 2.05) is 19.9 Å². The molecule has 0 fully saturated rings. The molecule has 4 nitrogen and oxygen atoms in total. The Morgan fingerprint density at radius 2 is 2.23 bits per heavy atom. The van der Waals surface area contributed by atoms with Crippen molar-refractivity contribution >= 4 is 5.97 Å². The minimum atomic E-state index is -0.365. The molecular formula is C9H14N2O2. The second-order valence-electron chi connectivity index (χ2n) is 2.91. The first-order valence-corrected chi connectivity index (χ1v) is 4.19. The van der Waals surface area contributed by atoms with E-state index in [2.05, 4.69) is 0 Å². The van der Waals surface area contributed by atoms with Crippen molar-refractivity contribution in [2.24, 2.45) is 0 Å². The first kappa shape index (κ1) is 9.64. The molecule has 72 valence electrons. The smallest absolute Gasteiger partial charge is 0.357 e. The monoisotopic (exact) mass is 182 g/mol. The van der Waals surface area contributed by atoms with Crippen LogP contribution in [0.15, 0.2) is 6.07 Å². The van der Waals surface area contributed by atoms with Gasteiger partial charge in [-0.25, -0.2) is 4.79 Å². The SMILES string of the molecule is CCOC(=O)c1c(C)cc(C)n1N. The van der Waals surface area contributed by atoms with E-state index in [-0.39, 0.29) is 5.97 Å². The maximum absolute atomic E-state index is 11.4. The molecule has 0 saturated carbocycles. The molecule has 0 radical (unpaired) electrons. The molecule has 1 aromatic rings. The van der Waals surface area contributed by atoms with Crippen molar-refractivity contribution in [3.05, 3.63) is 23.0 Å². The molecule has 0 atom stereocenters. The first-order valence-electron chi connectivity index (χ1n) is 4.19. The van der Waals surface area contributed by atoms with Crippen molar-refractivity contribution in [3.63, 3.8) is 0 Å². The number of aryl methyl sites for hydroxylation is 2. The lowest BCUT2D eigenvalue weighted by Crippen LogP contribution is -2.19. The molecule has 0 aromatic carbocycles. The molecule has 0 saturated heterocycles. The van der Waals surface area contributed by atoms with Crippen molar-refractivity contribution in [1.29, 1.82) is 0 Å². The number of esters is 1. The van der Waals surface area contributed by atoms with E-state index >= 15 is 0 Å². The first-order chi connectivity index (χ1) is 6.07. The highest BCUT2D eigenvalue weighted by Gasteiger charge is 2.16. The molecular weight excluding hydrogens is 168 g/mol. The number of nitrogens with zero attached hydrogens (tertiary/aromatic N) is 1. The molecule has 0 aliphatic carbocycles. The second-order valence-corrected chi connectivity index (χ2v) is 2.91. The zero-order valence-corrected chi connectivity index (χ0v) is 8.13. The highest BCUT2D eigenvalue weighted by atomic mass is 16.5. The average molecular weight is 182 g/mol. The summed E-state index contributed by atoms with van der Waals surface area (Å²) in [7, 11) is 0. The summed E-state index contributed by atoms with van der Waals surface area (Å²) in [6.07, 6.45) is 0. The molecule has 1 heterocycles. The Labute approximate surface area is 77.3 Å². The molecule has 0 bridgehead atoms. The van der Waals surface area contributed by atoms with Gasteiger partial charge in [-0.05, 0) is 32.4 Å². The molecule has 0 aliphatic rings. The van der Waals surface area contributed by atoms with Crippen molar-refractivity contribution < 1.29 is 9.53 Å². The van der Waals surface area contributed by atoms with Gasteiger partial charge >= 0.3 is 5.97 Å². The van der Waals surface area contributed by atoms with E-state index < -0.39 is 0 Å². The second kappa shape index (κ2) is 3.51. The fourth-order valence-corrected chi connectivity index (χ4v) is 1.28.